The quantitative estimate of drug-likeness (QED) is 0.534. The second kappa shape index (κ2) is 11.5. The first-order chi connectivity index (χ1) is 15.1. The van der Waals surface area contributed by atoms with E-state index in [1.165, 1.54) is 6.08 Å². The van der Waals surface area contributed by atoms with Gasteiger partial charge < -0.3 is 19.9 Å². The monoisotopic (exact) mass is 440 g/mol. The minimum absolute atomic E-state index is 0.0107. The number of carbonyl (C=O) groups is 3. The van der Waals surface area contributed by atoms with Gasteiger partial charge in [-0.3, -0.25) is 5.32 Å². The zero-order valence-electron chi connectivity index (χ0n) is 18.3. The molecule has 0 aromatic heterocycles. The summed E-state index contributed by atoms with van der Waals surface area (Å²) in [7, 11) is 0. The van der Waals surface area contributed by atoms with Gasteiger partial charge in [0.15, 0.2) is 0 Å². The van der Waals surface area contributed by atoms with Gasteiger partial charge >= 0.3 is 18.2 Å². The summed E-state index contributed by atoms with van der Waals surface area (Å²) in [5.74, 6) is -1.37. The van der Waals surface area contributed by atoms with Crippen molar-refractivity contribution in [2.24, 2.45) is 0 Å². The summed E-state index contributed by atoms with van der Waals surface area (Å²) in [4.78, 5) is 36.1. The second-order valence-corrected chi connectivity index (χ2v) is 8.01. The summed E-state index contributed by atoms with van der Waals surface area (Å²) in [6.45, 7) is 5.16. The lowest BCUT2D eigenvalue weighted by molar-refractivity contribution is -0.133. The van der Waals surface area contributed by atoms with Gasteiger partial charge in [-0.25, -0.2) is 14.4 Å². The zero-order chi connectivity index (χ0) is 23.6. The average Bonchev–Trinajstić information content (AvgIpc) is 2.71. The molecule has 0 heterocycles. The Morgan fingerprint density at radius 3 is 2.03 bits per heavy atom. The summed E-state index contributed by atoms with van der Waals surface area (Å²) < 4.78 is 10.4. The number of rotatable bonds is 8. The number of aliphatic carboxylic acids is 1. The number of hydrogen-bond donors (Lipinski definition) is 3. The van der Waals surface area contributed by atoms with E-state index in [0.29, 0.717) is 0 Å². The van der Waals surface area contributed by atoms with Crippen molar-refractivity contribution >= 4 is 18.2 Å². The first-order valence-electron chi connectivity index (χ1n) is 10.1. The molecular weight excluding hydrogens is 412 g/mol. The van der Waals surface area contributed by atoms with Crippen molar-refractivity contribution in [3.8, 4) is 0 Å². The SMILES string of the molecule is CC(C)(C)OC(=O)NC(/C=C(\NC(=O)OCc1ccccc1)C(=O)O)Cc1ccccc1. The highest BCUT2D eigenvalue weighted by Gasteiger charge is 2.21. The highest BCUT2D eigenvalue weighted by atomic mass is 16.6. The van der Waals surface area contributed by atoms with Crippen LogP contribution < -0.4 is 10.6 Å². The van der Waals surface area contributed by atoms with Gasteiger partial charge in [-0.2, -0.15) is 0 Å². The summed E-state index contributed by atoms with van der Waals surface area (Å²) in [5.41, 5.74) is 0.485. The maximum absolute atomic E-state index is 12.3. The summed E-state index contributed by atoms with van der Waals surface area (Å²) in [5, 5.41) is 14.4. The van der Waals surface area contributed by atoms with Crippen molar-refractivity contribution < 1.29 is 29.0 Å². The van der Waals surface area contributed by atoms with E-state index in [4.69, 9.17) is 9.47 Å². The number of carboxylic acid groups (broad SMARTS) is 1. The predicted molar refractivity (Wildman–Crippen MR) is 119 cm³/mol. The standard InChI is InChI=1S/C24H28N2O6/c1-24(2,3)32-23(30)25-19(14-17-10-6-4-7-11-17)15-20(21(27)28)26-22(29)31-16-18-12-8-5-9-13-18/h4-13,15,19H,14,16H2,1-3H3,(H,25,30)(H,26,29)(H,27,28)/b20-15-. The predicted octanol–water partition coefficient (Wildman–Crippen LogP) is 4.02. The highest BCUT2D eigenvalue weighted by molar-refractivity contribution is 5.91. The minimum Gasteiger partial charge on any atom is -0.477 e. The third-order valence-electron chi connectivity index (χ3n) is 4.05. The molecular formula is C24H28N2O6. The summed E-state index contributed by atoms with van der Waals surface area (Å²) >= 11 is 0. The van der Waals surface area contributed by atoms with Crippen LogP contribution in [0.1, 0.15) is 31.9 Å². The molecule has 0 saturated carbocycles. The van der Waals surface area contributed by atoms with Crippen LogP contribution in [0.25, 0.3) is 0 Å². The lowest BCUT2D eigenvalue weighted by Gasteiger charge is -2.23. The molecule has 0 fully saturated rings. The smallest absolute Gasteiger partial charge is 0.412 e. The largest absolute Gasteiger partial charge is 0.477 e. The van der Waals surface area contributed by atoms with E-state index in [9.17, 15) is 19.5 Å². The van der Waals surface area contributed by atoms with Crippen LogP contribution in [0.15, 0.2) is 72.4 Å². The lowest BCUT2D eigenvalue weighted by Crippen LogP contribution is -2.40. The van der Waals surface area contributed by atoms with Crippen LogP contribution in [0.2, 0.25) is 0 Å². The average molecular weight is 440 g/mol. The van der Waals surface area contributed by atoms with Crippen molar-refractivity contribution in [3.63, 3.8) is 0 Å². The van der Waals surface area contributed by atoms with E-state index < -0.39 is 35.5 Å². The maximum atomic E-state index is 12.3. The van der Waals surface area contributed by atoms with Crippen LogP contribution in [0.4, 0.5) is 9.59 Å². The van der Waals surface area contributed by atoms with E-state index in [-0.39, 0.29) is 13.0 Å². The molecule has 0 aliphatic carbocycles. The summed E-state index contributed by atoms with van der Waals surface area (Å²) in [6.07, 6.45) is -0.0787. The zero-order valence-corrected chi connectivity index (χ0v) is 18.3. The van der Waals surface area contributed by atoms with Gasteiger partial charge in [0.25, 0.3) is 0 Å². The molecule has 0 radical (unpaired) electrons. The number of benzene rings is 2. The fraction of sp³-hybridized carbons (Fsp3) is 0.292. The number of hydrogen-bond acceptors (Lipinski definition) is 5. The number of nitrogens with one attached hydrogen (secondary N) is 2. The molecule has 2 aromatic rings. The van der Waals surface area contributed by atoms with Crippen LogP contribution in [0.5, 0.6) is 0 Å². The molecule has 1 unspecified atom stereocenters. The van der Waals surface area contributed by atoms with Crippen molar-refractivity contribution in [1.29, 1.82) is 0 Å². The van der Waals surface area contributed by atoms with Gasteiger partial charge in [0, 0.05) is 0 Å². The minimum atomic E-state index is -1.37. The van der Waals surface area contributed by atoms with Crippen LogP contribution in [-0.2, 0) is 27.3 Å². The number of amides is 2. The molecule has 3 N–H and O–H groups in total. The molecule has 0 aliphatic heterocycles. The van der Waals surface area contributed by atoms with Gasteiger partial charge in [-0.05, 0) is 44.4 Å². The third-order valence-corrected chi connectivity index (χ3v) is 4.05. The summed E-state index contributed by atoms with van der Waals surface area (Å²) in [6, 6.07) is 17.4. The van der Waals surface area contributed by atoms with Gasteiger partial charge in [-0.1, -0.05) is 60.7 Å². The van der Waals surface area contributed by atoms with Crippen LogP contribution in [-0.4, -0.2) is 34.9 Å². The Hall–Kier alpha value is -3.81. The molecule has 0 spiro atoms. The van der Waals surface area contributed by atoms with E-state index in [1.54, 1.807) is 45.0 Å². The van der Waals surface area contributed by atoms with E-state index in [0.717, 1.165) is 11.1 Å². The molecule has 2 aromatic carbocycles. The van der Waals surface area contributed by atoms with Gasteiger partial charge in [0.2, 0.25) is 0 Å². The van der Waals surface area contributed by atoms with E-state index in [1.807, 2.05) is 36.4 Å². The Morgan fingerprint density at radius 2 is 1.50 bits per heavy atom. The Labute approximate surface area is 187 Å². The van der Waals surface area contributed by atoms with E-state index >= 15 is 0 Å². The Morgan fingerprint density at radius 1 is 0.938 bits per heavy atom. The number of carboxylic acids is 1. The Kier molecular flexibility index (Phi) is 8.83. The second-order valence-electron chi connectivity index (χ2n) is 8.01. The number of ether oxygens (including phenoxy) is 2. The van der Waals surface area contributed by atoms with Crippen molar-refractivity contribution in [3.05, 3.63) is 83.6 Å². The molecule has 170 valence electrons. The van der Waals surface area contributed by atoms with Crippen LogP contribution in [0.3, 0.4) is 0 Å². The van der Waals surface area contributed by atoms with Crippen molar-refractivity contribution in [1.82, 2.24) is 10.6 Å². The van der Waals surface area contributed by atoms with Gasteiger partial charge in [0.05, 0.1) is 6.04 Å². The van der Waals surface area contributed by atoms with Gasteiger partial charge in [0.1, 0.15) is 17.9 Å². The normalized spacial score (nSPS) is 12.4. The number of alkyl carbamates (subject to hydrolysis) is 2. The molecule has 2 rings (SSSR count). The molecule has 2 amide bonds. The van der Waals surface area contributed by atoms with Crippen molar-refractivity contribution in [2.45, 2.75) is 45.4 Å². The molecule has 0 bridgehead atoms. The van der Waals surface area contributed by atoms with Crippen LogP contribution in [0, 0.1) is 0 Å². The number of carbonyl (C=O) groups excluding carboxylic acids is 2. The molecule has 8 nitrogen and oxygen atoms in total. The van der Waals surface area contributed by atoms with Crippen LogP contribution >= 0.6 is 0 Å². The Balaban J connectivity index is 2.13. The maximum Gasteiger partial charge on any atom is 0.412 e. The molecule has 32 heavy (non-hydrogen) atoms. The highest BCUT2D eigenvalue weighted by Crippen LogP contribution is 2.10. The molecule has 8 heteroatoms. The molecule has 0 saturated heterocycles. The van der Waals surface area contributed by atoms with Gasteiger partial charge in [-0.15, -0.1) is 0 Å². The van der Waals surface area contributed by atoms with E-state index in [2.05, 4.69) is 10.6 Å². The first-order valence-corrected chi connectivity index (χ1v) is 10.1. The fourth-order valence-electron chi connectivity index (χ4n) is 2.72. The molecule has 1 atom stereocenters. The van der Waals surface area contributed by atoms with Crippen molar-refractivity contribution in [2.75, 3.05) is 0 Å². The molecule has 0 aliphatic rings. The fourth-order valence-corrected chi connectivity index (χ4v) is 2.72. The topological polar surface area (TPSA) is 114 Å². The Bertz CT molecular complexity index is 936. The lowest BCUT2D eigenvalue weighted by atomic mass is 10.0. The third kappa shape index (κ3) is 9.34. The first kappa shape index (κ1) is 24.5.